The molecule has 0 N–H and O–H groups in total. The van der Waals surface area contributed by atoms with Crippen molar-refractivity contribution in [1.82, 2.24) is 0 Å². The molecule has 2 atom stereocenters. The van der Waals surface area contributed by atoms with Crippen molar-refractivity contribution in [3.05, 3.63) is 166 Å². The molecule has 2 nitrogen and oxygen atoms in total. The average Bonchev–Trinajstić information content (AvgIpc) is 4.00. The van der Waals surface area contributed by atoms with E-state index in [1.807, 2.05) is 12.1 Å². The Kier molecular flexibility index (Phi) is 7.86. The predicted octanol–water partition coefficient (Wildman–Crippen LogP) is 13.1. The standard InChI is InChI=1S/2C22H17O.C2H7Si.2ClH.Zr/c2*1-2-6-15(7-3-1)22-19-9-4-8-16(19)12-17-13-18(14-20(17)22)21-10-5-11-23-21;1-3-2;;;/h2*1-3,5-7,10-14H,4,8-9H2;3H,1-2H3;2*1H;/q;;;;;+2/p-2. The number of hydrogen-bond donors (Lipinski definition) is 0. The van der Waals surface area contributed by atoms with Gasteiger partial charge in [0, 0.05) is 0 Å². The zero-order chi connectivity index (χ0) is 35.2. The van der Waals surface area contributed by atoms with Gasteiger partial charge in [-0.25, -0.2) is 0 Å². The van der Waals surface area contributed by atoms with Crippen molar-refractivity contribution in [2.45, 2.75) is 58.9 Å². The van der Waals surface area contributed by atoms with Crippen molar-refractivity contribution in [1.29, 1.82) is 0 Å². The number of benzene rings is 4. The molecule has 6 heteroatoms. The molecule has 4 aliphatic carbocycles. The first-order valence-electron chi connectivity index (χ1n) is 18.9. The summed E-state index contributed by atoms with van der Waals surface area (Å²) in [5.74, 6) is -0.126. The van der Waals surface area contributed by atoms with Crippen LogP contribution in [-0.4, -0.2) is 5.92 Å². The third-order valence-electron chi connectivity index (χ3n) is 12.7. The fraction of sp³-hybridized carbons (Fsp3) is 0.217. The Morgan fingerprint density at radius 3 is 1.40 bits per heavy atom. The van der Waals surface area contributed by atoms with E-state index < -0.39 is 21.5 Å². The van der Waals surface area contributed by atoms with Crippen molar-refractivity contribution >= 4 is 46.2 Å². The van der Waals surface area contributed by atoms with Crippen LogP contribution in [0.15, 0.2) is 118 Å². The van der Waals surface area contributed by atoms with E-state index in [9.17, 15) is 0 Å². The number of allylic oxidation sites excluding steroid dienone is 2. The van der Waals surface area contributed by atoms with Gasteiger partial charge in [-0.15, -0.1) is 0 Å². The van der Waals surface area contributed by atoms with Crippen molar-refractivity contribution in [3.8, 4) is 22.3 Å². The average molecular weight is 816 g/mol. The van der Waals surface area contributed by atoms with Gasteiger partial charge in [-0.2, -0.15) is 0 Å². The summed E-state index contributed by atoms with van der Waals surface area (Å²) in [6, 6.07) is 35.2. The quantitative estimate of drug-likeness (QED) is 0.150. The molecule has 4 aromatic carbocycles. The number of rotatable bonds is 7. The molecule has 10 rings (SSSR count). The molecular weight excluding hydrogens is 775 g/mol. The molecule has 2 aromatic heterocycles. The molecule has 52 heavy (non-hydrogen) atoms. The molecule has 0 saturated heterocycles. The van der Waals surface area contributed by atoms with Gasteiger partial charge in [0.25, 0.3) is 0 Å². The van der Waals surface area contributed by atoms with Crippen LogP contribution in [0, 0.1) is 0 Å². The van der Waals surface area contributed by atoms with Crippen LogP contribution in [0.4, 0.5) is 0 Å². The predicted molar refractivity (Wildman–Crippen MR) is 217 cm³/mol. The first kappa shape index (κ1) is 33.2. The Labute approximate surface area is 315 Å². The Bertz CT molecular complexity index is 2260. The van der Waals surface area contributed by atoms with Gasteiger partial charge in [-0.1, -0.05) is 0 Å². The minimum atomic E-state index is -5.28. The van der Waals surface area contributed by atoms with Crippen LogP contribution in [-0.2, 0) is 41.2 Å². The molecule has 4 aliphatic rings. The first-order chi connectivity index (χ1) is 25.3. The van der Waals surface area contributed by atoms with Crippen molar-refractivity contribution in [2.24, 2.45) is 0 Å². The van der Waals surface area contributed by atoms with E-state index in [0.29, 0.717) is 0 Å². The second-order valence-electron chi connectivity index (χ2n) is 15.6. The van der Waals surface area contributed by atoms with Crippen molar-refractivity contribution < 1.29 is 24.4 Å². The topological polar surface area (TPSA) is 26.3 Å². The van der Waals surface area contributed by atoms with E-state index in [1.54, 1.807) is 12.5 Å². The molecule has 2 unspecified atom stereocenters. The maximum atomic E-state index is 8.99. The molecule has 0 fully saturated rings. The molecule has 0 amide bonds. The Balaban J connectivity index is 1.29. The Hall–Kier alpha value is -3.40. The molecule has 0 spiro atoms. The number of furan rings is 2. The van der Waals surface area contributed by atoms with Crippen LogP contribution in [0.1, 0.15) is 76.1 Å². The molecule has 2 heterocycles. The first-order valence-corrected chi connectivity index (χ1v) is 35.2. The van der Waals surface area contributed by atoms with Crippen LogP contribution in [0.2, 0.25) is 13.1 Å². The Morgan fingerprint density at radius 1 is 0.577 bits per heavy atom. The number of fused-ring (bicyclic) bond motifs is 4. The van der Waals surface area contributed by atoms with Gasteiger partial charge in [-0.05, 0) is 0 Å². The van der Waals surface area contributed by atoms with Gasteiger partial charge >= 0.3 is 317 Å². The van der Waals surface area contributed by atoms with Gasteiger partial charge < -0.3 is 0 Å². The van der Waals surface area contributed by atoms with Crippen LogP contribution < -0.4 is 0 Å². The van der Waals surface area contributed by atoms with E-state index in [2.05, 4.69) is 110 Å². The molecule has 0 bridgehead atoms. The van der Waals surface area contributed by atoms with E-state index >= 15 is 0 Å². The summed E-state index contributed by atoms with van der Waals surface area (Å²) in [6.07, 6.45) is 15.1. The minimum absolute atomic E-state index is 0.145. The zero-order valence-corrected chi connectivity index (χ0v) is 34.7. The summed E-state index contributed by atoms with van der Waals surface area (Å²) in [5, 5.41) is 0. The SMILES string of the molecule is C[SiH](C)[Zr]([Cl])([Cl])([CH]1C(c2ccco2)=Cc2c1cc1c(c2-c2ccccc2)CCC1)[CH]1C(c2ccco2)=Cc2c1cc1c(c2-c2ccccc2)CCC1. The van der Waals surface area contributed by atoms with Crippen molar-refractivity contribution in [3.63, 3.8) is 0 Å². The van der Waals surface area contributed by atoms with Crippen molar-refractivity contribution in [2.75, 3.05) is 0 Å². The molecule has 6 aromatic rings. The third-order valence-corrected chi connectivity index (χ3v) is 64.3. The van der Waals surface area contributed by atoms with Gasteiger partial charge in [0.05, 0.1) is 0 Å². The van der Waals surface area contributed by atoms with Gasteiger partial charge in [0.2, 0.25) is 0 Å². The van der Waals surface area contributed by atoms with Gasteiger partial charge in [0.1, 0.15) is 0 Å². The number of aryl methyl sites for hydroxylation is 2. The normalized spacial score (nSPS) is 19.5. The van der Waals surface area contributed by atoms with E-state index in [0.717, 1.165) is 48.3 Å². The second kappa shape index (κ2) is 12.3. The van der Waals surface area contributed by atoms with E-state index in [1.165, 1.54) is 79.6 Å². The molecular formula is C46H41Cl2O2SiZr. The fourth-order valence-corrected chi connectivity index (χ4v) is 40.3. The summed E-state index contributed by atoms with van der Waals surface area (Å²) >= 11 is -5.28. The van der Waals surface area contributed by atoms with Gasteiger partial charge in [0.15, 0.2) is 0 Å². The summed E-state index contributed by atoms with van der Waals surface area (Å²) in [4.78, 5) is 0. The zero-order valence-electron chi connectivity index (χ0n) is 29.6. The van der Waals surface area contributed by atoms with Crippen LogP contribution in [0.25, 0.3) is 45.6 Å². The molecule has 0 aliphatic heterocycles. The summed E-state index contributed by atoms with van der Waals surface area (Å²) in [7, 11) is 18.0. The fourth-order valence-electron chi connectivity index (χ4n) is 10.4. The maximum absolute atomic E-state index is 8.99. The number of hydrogen-bond acceptors (Lipinski definition) is 2. The molecule has 259 valence electrons. The van der Waals surface area contributed by atoms with E-state index in [4.69, 9.17) is 25.9 Å². The van der Waals surface area contributed by atoms with Crippen LogP contribution >= 0.6 is 17.0 Å². The van der Waals surface area contributed by atoms with Crippen LogP contribution in [0.3, 0.4) is 0 Å². The van der Waals surface area contributed by atoms with E-state index in [-0.39, 0.29) is 7.25 Å². The van der Waals surface area contributed by atoms with Crippen LogP contribution in [0.5, 0.6) is 0 Å². The summed E-state index contributed by atoms with van der Waals surface area (Å²) in [5.41, 5.74) is 18.5. The molecule has 0 radical (unpaired) electrons. The summed E-state index contributed by atoms with van der Waals surface area (Å²) in [6.45, 7) is 4.86. The Morgan fingerprint density at radius 2 is 1.02 bits per heavy atom. The molecule has 0 saturated carbocycles. The second-order valence-corrected chi connectivity index (χ2v) is 58.1. The number of halogens is 2. The van der Waals surface area contributed by atoms with Gasteiger partial charge in [-0.3, -0.25) is 0 Å². The third kappa shape index (κ3) is 4.77. The monoisotopic (exact) mass is 813 g/mol. The summed E-state index contributed by atoms with van der Waals surface area (Å²) < 4.78 is 12.4.